The minimum atomic E-state index is -0.738. The summed E-state index contributed by atoms with van der Waals surface area (Å²) in [7, 11) is 0. The highest BCUT2D eigenvalue weighted by Gasteiger charge is 2.16. The molecule has 0 aliphatic heterocycles. The number of hydrogen-bond donors (Lipinski definition) is 1. The molecule has 0 spiro atoms. The van der Waals surface area contributed by atoms with Crippen LogP contribution in [0.3, 0.4) is 0 Å². The Morgan fingerprint density at radius 1 is 1.06 bits per heavy atom. The molecule has 0 radical (unpaired) electrons. The van der Waals surface area contributed by atoms with Crippen LogP contribution in [0.4, 0.5) is 4.39 Å². The molecule has 33 heavy (non-hydrogen) atoms. The Kier molecular flexibility index (Phi) is 8.35. The Morgan fingerprint density at radius 3 is 2.58 bits per heavy atom. The van der Waals surface area contributed by atoms with Crippen molar-refractivity contribution in [3.8, 4) is 11.5 Å². The highest BCUT2D eigenvalue weighted by molar-refractivity contribution is 9.11. The van der Waals surface area contributed by atoms with E-state index in [1.165, 1.54) is 24.4 Å². The van der Waals surface area contributed by atoms with Crippen LogP contribution in [0.25, 0.3) is 0 Å². The molecule has 0 saturated heterocycles. The molecular formula is C24H19Br2FN2O4. The molecule has 0 unspecified atom stereocenters. The fourth-order valence-electron chi connectivity index (χ4n) is 2.71. The summed E-state index contributed by atoms with van der Waals surface area (Å²) in [6, 6.07) is 14.1. The smallest absolute Gasteiger partial charge is 0.343 e. The van der Waals surface area contributed by atoms with E-state index in [2.05, 4.69) is 42.4 Å². The lowest BCUT2D eigenvalue weighted by atomic mass is 10.1. The van der Waals surface area contributed by atoms with Crippen LogP contribution in [0.2, 0.25) is 0 Å². The first-order valence-corrected chi connectivity index (χ1v) is 11.3. The second-order valence-electron chi connectivity index (χ2n) is 7.03. The number of benzene rings is 3. The molecule has 1 amide bonds. The van der Waals surface area contributed by atoms with E-state index in [0.717, 1.165) is 17.2 Å². The third-order valence-electron chi connectivity index (χ3n) is 4.53. The fourth-order valence-corrected chi connectivity index (χ4v) is 4.05. The zero-order chi connectivity index (χ0) is 24.0. The normalized spacial score (nSPS) is 10.8. The molecule has 1 N–H and O–H groups in total. The van der Waals surface area contributed by atoms with Gasteiger partial charge in [0.25, 0.3) is 5.91 Å². The third-order valence-corrected chi connectivity index (χ3v) is 5.58. The second kappa shape index (κ2) is 11.2. The van der Waals surface area contributed by atoms with Gasteiger partial charge in [-0.15, -0.1) is 0 Å². The number of nitrogens with zero attached hydrogens (tertiary/aromatic N) is 1. The summed E-state index contributed by atoms with van der Waals surface area (Å²) < 4.78 is 25.5. The van der Waals surface area contributed by atoms with Gasteiger partial charge in [-0.1, -0.05) is 28.1 Å². The van der Waals surface area contributed by atoms with Gasteiger partial charge < -0.3 is 9.47 Å². The van der Waals surface area contributed by atoms with Gasteiger partial charge in [0, 0.05) is 10.0 Å². The minimum Gasteiger partial charge on any atom is -0.484 e. The summed E-state index contributed by atoms with van der Waals surface area (Å²) in [5.41, 5.74) is 5.02. The monoisotopic (exact) mass is 576 g/mol. The van der Waals surface area contributed by atoms with Crippen molar-refractivity contribution in [2.45, 2.75) is 13.8 Å². The van der Waals surface area contributed by atoms with E-state index in [-0.39, 0.29) is 17.9 Å². The Bertz CT molecular complexity index is 1230. The van der Waals surface area contributed by atoms with Crippen molar-refractivity contribution < 1.29 is 23.5 Å². The van der Waals surface area contributed by atoms with Crippen molar-refractivity contribution in [3.63, 3.8) is 0 Å². The molecule has 0 aliphatic carbocycles. The topological polar surface area (TPSA) is 77.0 Å². The first kappa shape index (κ1) is 24.6. The van der Waals surface area contributed by atoms with E-state index in [9.17, 15) is 14.0 Å². The molecule has 0 aromatic heterocycles. The van der Waals surface area contributed by atoms with Crippen molar-refractivity contribution in [1.82, 2.24) is 5.43 Å². The Balaban J connectivity index is 1.67. The first-order valence-electron chi connectivity index (χ1n) is 9.71. The molecule has 170 valence electrons. The zero-order valence-corrected chi connectivity index (χ0v) is 20.9. The summed E-state index contributed by atoms with van der Waals surface area (Å²) in [5, 5.41) is 3.93. The number of hydrazone groups is 1. The Hall–Kier alpha value is -3.04. The van der Waals surface area contributed by atoms with Crippen LogP contribution in [0, 0.1) is 19.7 Å². The molecule has 9 heteroatoms. The quantitative estimate of drug-likeness (QED) is 0.169. The number of ether oxygens (including phenoxy) is 2. The molecule has 0 bridgehead atoms. The van der Waals surface area contributed by atoms with E-state index in [1.54, 1.807) is 18.2 Å². The van der Waals surface area contributed by atoms with E-state index in [4.69, 9.17) is 9.47 Å². The highest BCUT2D eigenvalue weighted by Crippen LogP contribution is 2.32. The molecular weight excluding hydrogens is 559 g/mol. The van der Waals surface area contributed by atoms with Crippen molar-refractivity contribution in [1.29, 1.82) is 0 Å². The molecule has 3 aromatic rings. The number of rotatable bonds is 7. The van der Waals surface area contributed by atoms with Crippen LogP contribution in [0.15, 0.2) is 68.6 Å². The SMILES string of the molecule is Cc1ccc(OCC(=O)NN=Cc2cc(Br)cc(Br)c2OC(=O)c2cccc(F)c2)cc1C. The number of halogens is 3. The van der Waals surface area contributed by atoms with E-state index in [0.29, 0.717) is 20.3 Å². The predicted octanol–water partition coefficient (Wildman–Crippen LogP) is 5.72. The zero-order valence-electron chi connectivity index (χ0n) is 17.7. The van der Waals surface area contributed by atoms with Gasteiger partial charge in [-0.2, -0.15) is 5.10 Å². The largest absolute Gasteiger partial charge is 0.484 e. The number of carbonyl (C=O) groups excluding carboxylic acids is 2. The summed E-state index contributed by atoms with van der Waals surface area (Å²) in [4.78, 5) is 24.5. The molecule has 0 atom stereocenters. The van der Waals surface area contributed by atoms with Gasteiger partial charge in [-0.05, 0) is 83.4 Å². The second-order valence-corrected chi connectivity index (χ2v) is 8.80. The number of amides is 1. The standard InChI is InChI=1S/C24H19Br2FN2O4/c1-14-6-7-20(8-15(14)2)32-13-22(30)29-28-12-17-9-18(25)11-21(26)23(17)33-24(31)16-4-3-5-19(27)10-16/h3-12H,13H2,1-2H3,(H,29,30). The Morgan fingerprint density at radius 2 is 1.85 bits per heavy atom. The van der Waals surface area contributed by atoms with E-state index in [1.807, 2.05) is 26.0 Å². The first-order chi connectivity index (χ1) is 15.7. The molecule has 0 fully saturated rings. The molecule has 3 aromatic carbocycles. The molecule has 3 rings (SSSR count). The lowest BCUT2D eigenvalue weighted by Crippen LogP contribution is -2.24. The minimum absolute atomic E-state index is 0.0597. The van der Waals surface area contributed by atoms with Gasteiger partial charge in [0.2, 0.25) is 0 Å². The summed E-state index contributed by atoms with van der Waals surface area (Å²) in [6.07, 6.45) is 1.33. The molecule has 6 nitrogen and oxygen atoms in total. The summed E-state index contributed by atoms with van der Waals surface area (Å²) in [6.45, 7) is 3.73. The number of esters is 1. The molecule has 0 aliphatic rings. The average molecular weight is 578 g/mol. The molecule has 0 heterocycles. The van der Waals surface area contributed by atoms with Crippen LogP contribution in [0.1, 0.15) is 27.0 Å². The average Bonchev–Trinajstić information content (AvgIpc) is 2.76. The van der Waals surface area contributed by atoms with E-state index < -0.39 is 17.7 Å². The van der Waals surface area contributed by atoms with Crippen molar-refractivity contribution >= 4 is 50.0 Å². The third kappa shape index (κ3) is 6.97. The van der Waals surface area contributed by atoms with Gasteiger partial charge in [0.1, 0.15) is 11.6 Å². The summed E-state index contributed by atoms with van der Waals surface area (Å²) in [5.74, 6) is -1.00. The van der Waals surface area contributed by atoms with Crippen LogP contribution in [-0.2, 0) is 4.79 Å². The lowest BCUT2D eigenvalue weighted by Gasteiger charge is -2.11. The van der Waals surface area contributed by atoms with Crippen molar-refractivity contribution in [2.24, 2.45) is 5.10 Å². The lowest BCUT2D eigenvalue weighted by molar-refractivity contribution is -0.123. The fraction of sp³-hybridized carbons (Fsp3) is 0.125. The van der Waals surface area contributed by atoms with Gasteiger partial charge in [-0.25, -0.2) is 14.6 Å². The van der Waals surface area contributed by atoms with Gasteiger partial charge >= 0.3 is 5.97 Å². The number of nitrogens with one attached hydrogen (secondary N) is 1. The van der Waals surface area contributed by atoms with Gasteiger partial charge in [0.15, 0.2) is 12.4 Å². The van der Waals surface area contributed by atoms with Crippen LogP contribution in [-0.4, -0.2) is 24.7 Å². The van der Waals surface area contributed by atoms with Crippen LogP contribution in [0.5, 0.6) is 11.5 Å². The van der Waals surface area contributed by atoms with E-state index >= 15 is 0 Å². The maximum absolute atomic E-state index is 13.4. The van der Waals surface area contributed by atoms with Crippen molar-refractivity contribution in [3.05, 3.63) is 91.6 Å². The van der Waals surface area contributed by atoms with Gasteiger partial charge in [0.05, 0.1) is 16.3 Å². The molecule has 0 saturated carbocycles. The van der Waals surface area contributed by atoms with Crippen LogP contribution >= 0.6 is 31.9 Å². The summed E-state index contributed by atoms with van der Waals surface area (Å²) >= 11 is 6.71. The predicted molar refractivity (Wildman–Crippen MR) is 130 cm³/mol. The number of hydrogen-bond acceptors (Lipinski definition) is 5. The number of aryl methyl sites for hydroxylation is 2. The number of carbonyl (C=O) groups is 2. The van der Waals surface area contributed by atoms with Crippen LogP contribution < -0.4 is 14.9 Å². The highest BCUT2D eigenvalue weighted by atomic mass is 79.9. The maximum atomic E-state index is 13.4. The van der Waals surface area contributed by atoms with Gasteiger partial charge in [-0.3, -0.25) is 4.79 Å². The Labute approximate surface area is 207 Å². The van der Waals surface area contributed by atoms with Crippen molar-refractivity contribution in [2.75, 3.05) is 6.61 Å². The maximum Gasteiger partial charge on any atom is 0.343 e.